The quantitative estimate of drug-likeness (QED) is 0.756. The summed E-state index contributed by atoms with van der Waals surface area (Å²) in [5.74, 6) is -0.880. The highest BCUT2D eigenvalue weighted by Gasteiger charge is 2.25. The van der Waals surface area contributed by atoms with Crippen LogP contribution in [0.5, 0.6) is 0 Å². The Morgan fingerprint density at radius 3 is 2.69 bits per heavy atom. The highest BCUT2D eigenvalue weighted by atomic mass is 16.4. The van der Waals surface area contributed by atoms with Crippen molar-refractivity contribution in [1.82, 2.24) is 14.8 Å². The zero-order valence-corrected chi connectivity index (χ0v) is 15.2. The Bertz CT molecular complexity index is 1080. The molecule has 1 N–H and O–H groups in total. The second kappa shape index (κ2) is 6.09. The van der Waals surface area contributed by atoms with Crippen molar-refractivity contribution in [2.24, 2.45) is 7.05 Å². The number of carboxylic acid groups (broad SMARTS) is 1. The van der Waals surface area contributed by atoms with Crippen LogP contribution < -0.4 is 0 Å². The lowest BCUT2D eigenvalue weighted by Crippen LogP contribution is -2.13. The fraction of sp³-hybridized carbons (Fsp3) is 0.286. The van der Waals surface area contributed by atoms with Gasteiger partial charge in [0, 0.05) is 23.7 Å². The summed E-state index contributed by atoms with van der Waals surface area (Å²) in [6.45, 7) is 4.05. The van der Waals surface area contributed by atoms with Gasteiger partial charge in [-0.3, -0.25) is 4.68 Å². The lowest BCUT2D eigenvalue weighted by Gasteiger charge is -2.21. The van der Waals surface area contributed by atoms with Crippen molar-refractivity contribution < 1.29 is 9.90 Å². The van der Waals surface area contributed by atoms with Gasteiger partial charge in [-0.2, -0.15) is 5.10 Å². The molecule has 0 aliphatic heterocycles. The van der Waals surface area contributed by atoms with Crippen LogP contribution in [0.15, 0.2) is 24.3 Å². The Kier molecular flexibility index (Phi) is 3.87. The summed E-state index contributed by atoms with van der Waals surface area (Å²) >= 11 is 0. The van der Waals surface area contributed by atoms with E-state index in [4.69, 9.17) is 4.98 Å². The second-order valence-electron chi connectivity index (χ2n) is 6.87. The highest BCUT2D eigenvalue weighted by molar-refractivity contribution is 6.05. The van der Waals surface area contributed by atoms with Gasteiger partial charge in [0.25, 0.3) is 0 Å². The van der Waals surface area contributed by atoms with Crippen molar-refractivity contribution in [1.29, 1.82) is 0 Å². The van der Waals surface area contributed by atoms with Gasteiger partial charge in [0.15, 0.2) is 0 Å². The average molecular weight is 347 g/mol. The normalized spacial score (nSPS) is 15.4. The van der Waals surface area contributed by atoms with Crippen molar-refractivity contribution in [2.45, 2.75) is 33.1 Å². The summed E-state index contributed by atoms with van der Waals surface area (Å²) in [6.07, 6.45) is 4.71. The number of fused-ring (bicyclic) bond motifs is 2. The maximum Gasteiger partial charge on any atom is 0.336 e. The topological polar surface area (TPSA) is 68.0 Å². The summed E-state index contributed by atoms with van der Waals surface area (Å²) in [4.78, 5) is 16.8. The largest absolute Gasteiger partial charge is 0.478 e. The van der Waals surface area contributed by atoms with E-state index in [1.54, 1.807) is 0 Å². The molecule has 2 aromatic heterocycles. The summed E-state index contributed by atoms with van der Waals surface area (Å²) in [5, 5.41) is 15.0. The molecule has 1 aromatic carbocycles. The molecule has 4 rings (SSSR count). The number of para-hydroxylation sites is 1. The number of aromatic nitrogens is 3. The summed E-state index contributed by atoms with van der Waals surface area (Å²) < 4.78 is 1.88. The zero-order valence-electron chi connectivity index (χ0n) is 15.2. The van der Waals surface area contributed by atoms with E-state index in [0.717, 1.165) is 58.6 Å². The summed E-state index contributed by atoms with van der Waals surface area (Å²) in [5.41, 5.74) is 7.08. The van der Waals surface area contributed by atoms with Crippen LogP contribution in [0.2, 0.25) is 0 Å². The monoisotopic (exact) mass is 347 g/mol. The molecule has 3 aromatic rings. The number of carbonyl (C=O) groups is 1. The van der Waals surface area contributed by atoms with Crippen LogP contribution in [0.4, 0.5) is 0 Å². The first-order valence-electron chi connectivity index (χ1n) is 8.83. The Morgan fingerprint density at radius 1 is 1.23 bits per heavy atom. The molecular formula is C21H21N3O2. The Labute approximate surface area is 152 Å². The number of aryl methyl sites for hydroxylation is 2. The Hall–Kier alpha value is -2.95. The molecule has 0 atom stereocenters. The number of hydrogen-bond donors (Lipinski definition) is 1. The van der Waals surface area contributed by atoms with Crippen molar-refractivity contribution in [3.05, 3.63) is 58.0 Å². The van der Waals surface area contributed by atoms with Crippen LogP contribution in [-0.2, 0) is 13.5 Å². The number of benzene rings is 1. The predicted molar refractivity (Wildman–Crippen MR) is 102 cm³/mol. The highest BCUT2D eigenvalue weighted by Crippen LogP contribution is 2.36. The molecule has 0 fully saturated rings. The van der Waals surface area contributed by atoms with Crippen LogP contribution in [0, 0.1) is 13.8 Å². The lowest BCUT2D eigenvalue weighted by atomic mass is 9.86. The number of nitrogens with zero attached hydrogens (tertiary/aromatic N) is 3. The third-order valence-corrected chi connectivity index (χ3v) is 5.27. The van der Waals surface area contributed by atoms with Crippen LogP contribution in [0.25, 0.3) is 22.6 Å². The molecule has 0 unspecified atom stereocenters. The van der Waals surface area contributed by atoms with E-state index in [1.165, 1.54) is 0 Å². The first-order valence-corrected chi connectivity index (χ1v) is 8.83. The first kappa shape index (κ1) is 16.5. The molecule has 0 bridgehead atoms. The number of rotatable bonds is 2. The van der Waals surface area contributed by atoms with Gasteiger partial charge in [-0.25, -0.2) is 9.78 Å². The van der Waals surface area contributed by atoms with Gasteiger partial charge in [0.2, 0.25) is 0 Å². The minimum atomic E-state index is -0.880. The second-order valence-corrected chi connectivity index (χ2v) is 6.87. The lowest BCUT2D eigenvalue weighted by molar-refractivity contribution is 0.0697. The smallest absolute Gasteiger partial charge is 0.336 e. The van der Waals surface area contributed by atoms with E-state index < -0.39 is 5.97 Å². The third-order valence-electron chi connectivity index (χ3n) is 5.27. The van der Waals surface area contributed by atoms with E-state index in [9.17, 15) is 9.90 Å². The number of hydrogen-bond acceptors (Lipinski definition) is 3. The van der Waals surface area contributed by atoms with Gasteiger partial charge in [-0.05, 0) is 56.4 Å². The molecule has 0 saturated heterocycles. The van der Waals surface area contributed by atoms with Crippen LogP contribution in [0.1, 0.15) is 51.4 Å². The molecule has 132 valence electrons. The number of pyridine rings is 1. The van der Waals surface area contributed by atoms with E-state index in [0.29, 0.717) is 10.9 Å². The van der Waals surface area contributed by atoms with Gasteiger partial charge in [0.1, 0.15) is 0 Å². The fourth-order valence-corrected chi connectivity index (χ4v) is 3.89. The van der Waals surface area contributed by atoms with Crippen molar-refractivity contribution in [3.8, 4) is 0 Å². The van der Waals surface area contributed by atoms with Crippen LogP contribution in [-0.4, -0.2) is 25.8 Å². The van der Waals surface area contributed by atoms with Crippen LogP contribution >= 0.6 is 0 Å². The van der Waals surface area contributed by atoms with E-state index in [1.807, 2.05) is 49.8 Å². The van der Waals surface area contributed by atoms with E-state index in [-0.39, 0.29) is 0 Å². The van der Waals surface area contributed by atoms with Gasteiger partial charge >= 0.3 is 5.97 Å². The molecule has 1 aliphatic carbocycles. The number of allylic oxidation sites excluding steroid dienone is 1. The number of carboxylic acids is 1. The van der Waals surface area contributed by atoms with Crippen molar-refractivity contribution >= 4 is 28.5 Å². The third kappa shape index (κ3) is 2.51. The summed E-state index contributed by atoms with van der Waals surface area (Å²) in [7, 11) is 1.94. The minimum absolute atomic E-state index is 0.399. The molecule has 1 aliphatic rings. The first-order chi connectivity index (χ1) is 12.5. The van der Waals surface area contributed by atoms with Gasteiger partial charge < -0.3 is 5.11 Å². The molecule has 5 nitrogen and oxygen atoms in total. The molecule has 26 heavy (non-hydrogen) atoms. The molecular weight excluding hydrogens is 326 g/mol. The standard InChI is InChI=1S/C21H21N3O2/c1-12-17(13(2)24(3)23-12)11-14-7-6-9-16-19(21(25)26)15-8-4-5-10-18(15)22-20(14)16/h4-5,8,10-11H,6-7,9H2,1-3H3,(H,25,26)/b14-11+. The fourth-order valence-electron chi connectivity index (χ4n) is 3.89. The maximum atomic E-state index is 12.0. The van der Waals surface area contributed by atoms with Crippen LogP contribution in [0.3, 0.4) is 0 Å². The SMILES string of the molecule is Cc1nn(C)c(C)c1/C=C1\CCCc2c1nc1ccccc1c2C(=O)O. The zero-order chi connectivity index (χ0) is 18.4. The molecule has 0 radical (unpaired) electrons. The van der Waals surface area contributed by atoms with E-state index in [2.05, 4.69) is 11.2 Å². The molecule has 0 amide bonds. The van der Waals surface area contributed by atoms with Crippen molar-refractivity contribution in [2.75, 3.05) is 0 Å². The van der Waals surface area contributed by atoms with Gasteiger partial charge in [-0.15, -0.1) is 0 Å². The molecule has 0 spiro atoms. The van der Waals surface area contributed by atoms with Gasteiger partial charge in [0.05, 0.1) is 22.5 Å². The Morgan fingerprint density at radius 2 is 2.00 bits per heavy atom. The van der Waals surface area contributed by atoms with E-state index >= 15 is 0 Å². The molecule has 5 heteroatoms. The predicted octanol–water partition coefficient (Wildman–Crippen LogP) is 4.16. The Balaban J connectivity index is 1.99. The molecule has 2 heterocycles. The van der Waals surface area contributed by atoms with Gasteiger partial charge in [-0.1, -0.05) is 18.2 Å². The summed E-state index contributed by atoms with van der Waals surface area (Å²) in [6, 6.07) is 7.49. The average Bonchev–Trinajstić information content (AvgIpc) is 2.86. The minimum Gasteiger partial charge on any atom is -0.478 e. The van der Waals surface area contributed by atoms with Crippen molar-refractivity contribution in [3.63, 3.8) is 0 Å². The number of aromatic carboxylic acids is 1. The maximum absolute atomic E-state index is 12.0. The molecule has 0 saturated carbocycles.